The van der Waals surface area contributed by atoms with Crippen LogP contribution in [0.15, 0.2) is 40.8 Å². The quantitative estimate of drug-likeness (QED) is 0.0750. The Labute approximate surface area is 317 Å². The number of alkyl halides is 6. The van der Waals surface area contributed by atoms with Gasteiger partial charge in [-0.25, -0.2) is 26.3 Å². The third-order valence-electron chi connectivity index (χ3n) is 9.88. The van der Waals surface area contributed by atoms with E-state index in [1.807, 2.05) is 0 Å². The number of rotatable bonds is 11. The minimum atomic E-state index is -6.05. The minimum Gasteiger partial charge on any atom is -0.496 e. The Kier molecular flexibility index (Phi) is 10.2. The van der Waals surface area contributed by atoms with Gasteiger partial charge in [0, 0.05) is 12.0 Å². The highest BCUT2D eigenvalue weighted by Crippen LogP contribution is 2.57. The van der Waals surface area contributed by atoms with Crippen molar-refractivity contribution in [3.8, 4) is 40.2 Å². The van der Waals surface area contributed by atoms with Gasteiger partial charge in [-0.05, 0) is 66.5 Å². The molecule has 2 fully saturated rings. The van der Waals surface area contributed by atoms with Crippen molar-refractivity contribution in [2.75, 3.05) is 13.7 Å². The number of benzene rings is 4. The molecule has 1 aliphatic heterocycles. The van der Waals surface area contributed by atoms with Crippen LogP contribution in [0.2, 0.25) is 0 Å². The number of halogens is 14. The van der Waals surface area contributed by atoms with Gasteiger partial charge in [-0.1, -0.05) is 24.3 Å². The first-order chi connectivity index (χ1) is 27.2. The summed E-state index contributed by atoms with van der Waals surface area (Å²) in [7, 11) is 1.21. The fourth-order valence-electron chi connectivity index (χ4n) is 6.64. The van der Waals surface area contributed by atoms with E-state index in [0.717, 1.165) is 12.1 Å². The van der Waals surface area contributed by atoms with Gasteiger partial charge in [-0.3, -0.25) is 0 Å². The summed E-state index contributed by atoms with van der Waals surface area (Å²) in [6.07, 6.45) is -11.8. The molecule has 1 saturated carbocycles. The minimum absolute atomic E-state index is 0.0237. The van der Waals surface area contributed by atoms with Crippen LogP contribution in [0.4, 0.5) is 61.5 Å². The van der Waals surface area contributed by atoms with Crippen LogP contribution in [0, 0.1) is 59.4 Å². The number of hydrogen-bond donors (Lipinski definition) is 0. The first-order valence-corrected chi connectivity index (χ1v) is 17.0. The number of methoxy groups -OCH3 is 1. The van der Waals surface area contributed by atoms with Crippen molar-refractivity contribution in [2.45, 2.75) is 56.5 Å². The summed E-state index contributed by atoms with van der Waals surface area (Å²) >= 11 is 0. The highest BCUT2D eigenvalue weighted by Gasteiger charge is 2.72. The van der Waals surface area contributed by atoms with E-state index in [2.05, 4.69) is 10.2 Å². The topological polar surface area (TPSA) is 69.9 Å². The highest BCUT2D eigenvalue weighted by atomic mass is 19.4. The lowest BCUT2D eigenvalue weighted by molar-refractivity contribution is -0.288. The molecule has 0 amide bonds. The van der Waals surface area contributed by atoms with Crippen LogP contribution in [0.5, 0.6) is 17.2 Å². The Bertz CT molecular complexity index is 2370. The summed E-state index contributed by atoms with van der Waals surface area (Å²) in [5.74, 6) is -22.8. The molecular weight excluding hydrogens is 814 g/mol. The van der Waals surface area contributed by atoms with E-state index in [1.165, 1.54) is 7.11 Å². The van der Waals surface area contributed by atoms with Crippen LogP contribution < -0.4 is 9.47 Å². The Morgan fingerprint density at radius 1 is 0.638 bits per heavy atom. The van der Waals surface area contributed by atoms with Gasteiger partial charge in [0.25, 0.3) is 11.8 Å². The van der Waals surface area contributed by atoms with Gasteiger partial charge >= 0.3 is 12.4 Å². The third-order valence-corrected chi connectivity index (χ3v) is 9.88. The normalized spacial score (nSPS) is 15.9. The molecule has 5 aromatic rings. The van der Waals surface area contributed by atoms with Crippen molar-refractivity contribution in [2.24, 2.45) is 5.92 Å². The Morgan fingerprint density at radius 3 is 1.52 bits per heavy atom. The van der Waals surface area contributed by atoms with E-state index in [0.29, 0.717) is 44.0 Å². The van der Waals surface area contributed by atoms with Crippen molar-refractivity contribution in [3.05, 3.63) is 111 Å². The van der Waals surface area contributed by atoms with Crippen molar-refractivity contribution in [3.63, 3.8) is 0 Å². The number of nitrogens with zero attached hydrogens (tertiary/aromatic N) is 2. The predicted octanol–water partition coefficient (Wildman–Crippen LogP) is 10.9. The number of hydrogen-bond acceptors (Lipinski definition) is 6. The third kappa shape index (κ3) is 6.77. The molecule has 308 valence electrons. The summed E-state index contributed by atoms with van der Waals surface area (Å²) in [6.45, 7) is 0.654. The molecule has 1 unspecified atom stereocenters. The first kappa shape index (κ1) is 40.8. The lowest BCUT2D eigenvalue weighted by Gasteiger charge is -2.39. The molecule has 0 N–H and O–H groups in total. The molecule has 1 aromatic heterocycles. The number of aromatic nitrogens is 2. The van der Waals surface area contributed by atoms with Crippen LogP contribution in [0.3, 0.4) is 0 Å². The molecular formula is C38H24F14N2O4. The SMILES string of the molecule is COc1ccc(C(c2ccc(Oc3c(F)c(F)c(-c4nnc(-c5c(F)c(F)c(C)c(F)c5F)o4)c(F)c3F)c(CC3CO3)c2)(C(F)(F)F)C(F)(F)F)cc1CC1CC1. The maximum Gasteiger partial charge on any atom is 0.411 e. The van der Waals surface area contributed by atoms with Crippen molar-refractivity contribution >= 4 is 0 Å². The summed E-state index contributed by atoms with van der Waals surface area (Å²) in [5, 5.41) is 6.14. The average Bonchev–Trinajstić information content (AvgIpc) is 4.10. The standard InChI is InChI=1S/C38H24F14N2O4/c1-14-25(39)27(41)23(28(42)26(14)40)34-53-54-35(58-34)24-29(43)31(45)33(32(46)30(24)44)57-22-8-6-19(11-17(22)12-20-13-56-20)36(37(47,48)49,38(50,51)52)18-5-7-21(55-2)16(10-18)9-15-3-4-15/h5-8,10-11,15,20H,3-4,9,12-13H2,1-2H3. The molecule has 1 atom stereocenters. The zero-order chi connectivity index (χ0) is 42.2. The number of ether oxygens (including phenoxy) is 3. The van der Waals surface area contributed by atoms with Gasteiger partial charge in [0.15, 0.2) is 34.9 Å². The van der Waals surface area contributed by atoms with Crippen LogP contribution in [0.25, 0.3) is 22.9 Å². The fraction of sp³-hybridized carbons (Fsp3) is 0.316. The van der Waals surface area contributed by atoms with Crippen LogP contribution in [-0.2, 0) is 23.0 Å². The molecule has 0 radical (unpaired) electrons. The summed E-state index contributed by atoms with van der Waals surface area (Å²) in [4.78, 5) is 0. The highest BCUT2D eigenvalue weighted by molar-refractivity contribution is 5.63. The lowest BCUT2D eigenvalue weighted by Crippen LogP contribution is -2.54. The molecule has 20 heteroatoms. The van der Waals surface area contributed by atoms with Gasteiger partial charge < -0.3 is 18.6 Å². The molecule has 0 spiro atoms. The smallest absolute Gasteiger partial charge is 0.411 e. The van der Waals surface area contributed by atoms with Crippen LogP contribution in [0.1, 0.15) is 40.7 Å². The molecule has 2 heterocycles. The molecule has 1 saturated heterocycles. The molecule has 7 rings (SSSR count). The van der Waals surface area contributed by atoms with E-state index in [-0.39, 0.29) is 30.3 Å². The maximum atomic E-state index is 15.5. The van der Waals surface area contributed by atoms with E-state index >= 15 is 43.9 Å². The summed E-state index contributed by atoms with van der Waals surface area (Å²) in [6, 6.07) is 3.66. The molecule has 2 aliphatic rings. The van der Waals surface area contributed by atoms with Gasteiger partial charge in [-0.2, -0.15) is 35.1 Å². The zero-order valence-electron chi connectivity index (χ0n) is 29.5. The summed E-state index contributed by atoms with van der Waals surface area (Å²) in [5.41, 5.74) is -12.2. The molecule has 4 aromatic carbocycles. The lowest BCUT2D eigenvalue weighted by atomic mass is 9.71. The number of epoxide rings is 1. The van der Waals surface area contributed by atoms with Gasteiger partial charge in [0.05, 0.1) is 19.8 Å². The zero-order valence-corrected chi connectivity index (χ0v) is 29.5. The van der Waals surface area contributed by atoms with E-state index in [9.17, 15) is 17.6 Å². The predicted molar refractivity (Wildman–Crippen MR) is 172 cm³/mol. The van der Waals surface area contributed by atoms with E-state index in [4.69, 9.17) is 18.6 Å². The molecule has 58 heavy (non-hydrogen) atoms. The molecule has 0 bridgehead atoms. The molecule has 6 nitrogen and oxygen atoms in total. The van der Waals surface area contributed by atoms with Crippen molar-refractivity contribution < 1.29 is 80.1 Å². The van der Waals surface area contributed by atoms with Crippen molar-refractivity contribution in [1.82, 2.24) is 10.2 Å². The Balaban J connectivity index is 1.32. The summed E-state index contributed by atoms with van der Waals surface area (Å²) < 4.78 is 230. The Morgan fingerprint density at radius 2 is 1.09 bits per heavy atom. The first-order valence-electron chi connectivity index (χ1n) is 17.0. The molecule has 1 aliphatic carbocycles. The largest absolute Gasteiger partial charge is 0.496 e. The second-order valence-corrected chi connectivity index (χ2v) is 13.6. The fourth-order valence-corrected chi connectivity index (χ4v) is 6.64. The van der Waals surface area contributed by atoms with Gasteiger partial charge in [-0.15, -0.1) is 10.2 Å². The monoisotopic (exact) mass is 838 g/mol. The van der Waals surface area contributed by atoms with Gasteiger partial charge in [0.2, 0.25) is 22.8 Å². The van der Waals surface area contributed by atoms with Crippen LogP contribution >= 0.6 is 0 Å². The van der Waals surface area contributed by atoms with E-state index in [1.54, 1.807) is 0 Å². The second kappa shape index (κ2) is 14.5. The Hall–Kier alpha value is -5.40. The average molecular weight is 839 g/mol. The van der Waals surface area contributed by atoms with Crippen molar-refractivity contribution in [1.29, 1.82) is 0 Å². The van der Waals surface area contributed by atoms with E-state index < -0.39 is 133 Å². The van der Waals surface area contributed by atoms with Gasteiger partial charge in [0.1, 0.15) is 22.6 Å². The maximum absolute atomic E-state index is 15.5. The second-order valence-electron chi connectivity index (χ2n) is 13.6. The van der Waals surface area contributed by atoms with Crippen LogP contribution in [-0.4, -0.2) is 42.4 Å².